The quantitative estimate of drug-likeness (QED) is 0.521. The number of fused-ring (bicyclic) bond motifs is 2. The second-order valence-electron chi connectivity index (χ2n) is 7.75. The van der Waals surface area contributed by atoms with Crippen LogP contribution in [0.5, 0.6) is 5.88 Å². The van der Waals surface area contributed by atoms with Crippen molar-refractivity contribution in [1.29, 1.82) is 5.26 Å². The predicted molar refractivity (Wildman–Crippen MR) is 122 cm³/mol. The number of ether oxygens (including phenoxy) is 1. The molecule has 1 aliphatic rings. The predicted octanol–water partition coefficient (Wildman–Crippen LogP) is 4.51. The van der Waals surface area contributed by atoms with Gasteiger partial charge in [0.15, 0.2) is 0 Å². The zero-order valence-corrected chi connectivity index (χ0v) is 17.3. The van der Waals surface area contributed by atoms with E-state index in [1.807, 2.05) is 61.5 Å². The maximum absolute atomic E-state index is 9.93. The number of H-pyrrole nitrogens is 1. The standard InChI is InChI=1S/C25H21N5O/c1-30(2)17-12-10-16(11-13-17)21-20(14-26)24(27)31-25-22(21)23(28-29-25)19-9-5-7-15-6-3-4-8-18(15)19/h3-13,21H,27H2,1-2H3,(H,28,29). The number of benzene rings is 3. The molecule has 152 valence electrons. The molecule has 4 aromatic rings. The number of nitrogens with two attached hydrogens (primary N) is 1. The normalized spacial score (nSPS) is 15.3. The number of hydrogen-bond acceptors (Lipinski definition) is 5. The largest absolute Gasteiger partial charge is 0.420 e. The van der Waals surface area contributed by atoms with E-state index in [0.717, 1.165) is 38.8 Å². The minimum atomic E-state index is -0.377. The Morgan fingerprint density at radius 1 is 1.03 bits per heavy atom. The summed E-state index contributed by atoms with van der Waals surface area (Å²) in [5.41, 5.74) is 11.2. The van der Waals surface area contributed by atoms with Crippen LogP contribution in [0, 0.1) is 11.3 Å². The fraction of sp³-hybridized carbons (Fsp3) is 0.120. The Kier molecular flexibility index (Phi) is 4.37. The molecule has 0 radical (unpaired) electrons. The van der Waals surface area contributed by atoms with Crippen molar-refractivity contribution in [1.82, 2.24) is 10.2 Å². The van der Waals surface area contributed by atoms with E-state index in [1.165, 1.54) is 0 Å². The van der Waals surface area contributed by atoms with Crippen molar-refractivity contribution < 1.29 is 4.74 Å². The lowest BCUT2D eigenvalue weighted by Gasteiger charge is -2.25. The monoisotopic (exact) mass is 407 g/mol. The molecule has 0 saturated carbocycles. The number of rotatable bonds is 3. The molecule has 31 heavy (non-hydrogen) atoms. The average molecular weight is 407 g/mol. The summed E-state index contributed by atoms with van der Waals surface area (Å²) in [6, 6.07) is 24.7. The van der Waals surface area contributed by atoms with Gasteiger partial charge in [0.2, 0.25) is 11.8 Å². The van der Waals surface area contributed by atoms with Gasteiger partial charge in [0, 0.05) is 25.3 Å². The second-order valence-corrected chi connectivity index (χ2v) is 7.75. The van der Waals surface area contributed by atoms with E-state index in [1.54, 1.807) is 0 Å². The Morgan fingerprint density at radius 3 is 2.52 bits per heavy atom. The molecule has 2 heterocycles. The van der Waals surface area contributed by atoms with E-state index in [4.69, 9.17) is 10.5 Å². The van der Waals surface area contributed by atoms with Crippen LogP contribution in [0.3, 0.4) is 0 Å². The van der Waals surface area contributed by atoms with Gasteiger partial charge in [-0.3, -0.25) is 5.10 Å². The molecule has 5 rings (SSSR count). The number of aromatic amines is 1. The maximum Gasteiger partial charge on any atom is 0.244 e. The topological polar surface area (TPSA) is 91.0 Å². The van der Waals surface area contributed by atoms with Gasteiger partial charge in [-0.15, -0.1) is 5.10 Å². The molecule has 1 atom stereocenters. The average Bonchev–Trinajstić information content (AvgIpc) is 3.20. The van der Waals surface area contributed by atoms with Crippen LogP contribution in [0.15, 0.2) is 78.2 Å². The lowest BCUT2D eigenvalue weighted by Crippen LogP contribution is -2.21. The van der Waals surface area contributed by atoms with Gasteiger partial charge in [0.05, 0.1) is 17.2 Å². The molecular weight excluding hydrogens is 386 g/mol. The lowest BCUT2D eigenvalue weighted by molar-refractivity contribution is 0.379. The fourth-order valence-corrected chi connectivity index (χ4v) is 4.19. The molecule has 0 spiro atoms. The highest BCUT2D eigenvalue weighted by molar-refractivity contribution is 5.97. The number of nitrogens with one attached hydrogen (secondary N) is 1. The van der Waals surface area contributed by atoms with Crippen LogP contribution in [0.4, 0.5) is 5.69 Å². The maximum atomic E-state index is 9.93. The molecule has 0 aliphatic carbocycles. The summed E-state index contributed by atoms with van der Waals surface area (Å²) < 4.78 is 5.75. The number of hydrogen-bond donors (Lipinski definition) is 2. The molecule has 6 nitrogen and oxygen atoms in total. The highest BCUT2D eigenvalue weighted by Gasteiger charge is 2.35. The van der Waals surface area contributed by atoms with Crippen LogP contribution in [0.1, 0.15) is 17.0 Å². The van der Waals surface area contributed by atoms with Crippen molar-refractivity contribution in [2.45, 2.75) is 5.92 Å². The first-order chi connectivity index (χ1) is 15.1. The van der Waals surface area contributed by atoms with Crippen molar-refractivity contribution in [3.05, 3.63) is 89.3 Å². The van der Waals surface area contributed by atoms with Crippen molar-refractivity contribution in [3.63, 3.8) is 0 Å². The van der Waals surface area contributed by atoms with Crippen molar-refractivity contribution in [2.75, 3.05) is 19.0 Å². The van der Waals surface area contributed by atoms with Gasteiger partial charge in [-0.05, 0) is 28.5 Å². The number of aromatic nitrogens is 2. The first-order valence-corrected chi connectivity index (χ1v) is 9.99. The van der Waals surface area contributed by atoms with E-state index in [2.05, 4.69) is 40.5 Å². The molecule has 0 saturated heterocycles. The van der Waals surface area contributed by atoms with Gasteiger partial charge in [0.1, 0.15) is 11.6 Å². The Balaban J connectivity index is 1.74. The number of nitriles is 1. The van der Waals surface area contributed by atoms with Crippen LogP contribution in [-0.4, -0.2) is 24.3 Å². The van der Waals surface area contributed by atoms with E-state index < -0.39 is 0 Å². The SMILES string of the molecule is CN(C)c1ccc(C2C(C#N)=C(N)Oc3n[nH]c(-c4cccc5ccccc45)c32)cc1. The Labute approximate surface area is 180 Å². The van der Waals surface area contributed by atoms with Crippen molar-refractivity contribution >= 4 is 16.5 Å². The molecule has 0 amide bonds. The fourth-order valence-electron chi connectivity index (χ4n) is 4.19. The van der Waals surface area contributed by atoms with E-state index in [-0.39, 0.29) is 11.8 Å². The van der Waals surface area contributed by atoms with Crippen LogP contribution in [0.25, 0.3) is 22.0 Å². The summed E-state index contributed by atoms with van der Waals surface area (Å²) >= 11 is 0. The third-order valence-electron chi connectivity index (χ3n) is 5.74. The van der Waals surface area contributed by atoms with Gasteiger partial charge >= 0.3 is 0 Å². The Hall–Kier alpha value is -4.24. The zero-order chi connectivity index (χ0) is 21.5. The number of anilines is 1. The summed E-state index contributed by atoms with van der Waals surface area (Å²) in [6.07, 6.45) is 0. The molecule has 6 heteroatoms. The van der Waals surface area contributed by atoms with Gasteiger partial charge in [-0.2, -0.15) is 5.26 Å². The minimum absolute atomic E-state index is 0.0904. The summed E-state index contributed by atoms with van der Waals surface area (Å²) in [6.45, 7) is 0. The van der Waals surface area contributed by atoms with Crippen LogP contribution in [-0.2, 0) is 0 Å². The summed E-state index contributed by atoms with van der Waals surface area (Å²) in [5, 5.41) is 19.7. The van der Waals surface area contributed by atoms with Crippen molar-refractivity contribution in [2.24, 2.45) is 5.73 Å². The smallest absolute Gasteiger partial charge is 0.244 e. The third kappa shape index (κ3) is 2.99. The Bertz CT molecular complexity index is 1350. The molecule has 1 aliphatic heterocycles. The molecule has 3 aromatic carbocycles. The Morgan fingerprint density at radius 2 is 1.77 bits per heavy atom. The molecular formula is C25H21N5O. The number of allylic oxidation sites excluding steroid dienone is 1. The first kappa shape index (κ1) is 18.8. The summed E-state index contributed by atoms with van der Waals surface area (Å²) in [7, 11) is 3.99. The lowest BCUT2D eigenvalue weighted by atomic mass is 9.82. The van der Waals surface area contributed by atoms with Crippen LogP contribution >= 0.6 is 0 Å². The molecule has 1 unspecified atom stereocenters. The zero-order valence-electron chi connectivity index (χ0n) is 17.3. The minimum Gasteiger partial charge on any atom is -0.420 e. The summed E-state index contributed by atoms with van der Waals surface area (Å²) in [4.78, 5) is 2.04. The molecule has 1 aromatic heterocycles. The first-order valence-electron chi connectivity index (χ1n) is 9.99. The van der Waals surface area contributed by atoms with Crippen LogP contribution in [0.2, 0.25) is 0 Å². The van der Waals surface area contributed by atoms with E-state index >= 15 is 0 Å². The van der Waals surface area contributed by atoms with Gasteiger partial charge in [-0.1, -0.05) is 54.6 Å². The van der Waals surface area contributed by atoms with Gasteiger partial charge < -0.3 is 15.4 Å². The molecule has 3 N–H and O–H groups in total. The third-order valence-corrected chi connectivity index (χ3v) is 5.74. The highest BCUT2D eigenvalue weighted by Crippen LogP contribution is 2.46. The van der Waals surface area contributed by atoms with Gasteiger partial charge in [-0.25, -0.2) is 0 Å². The van der Waals surface area contributed by atoms with Crippen molar-refractivity contribution in [3.8, 4) is 23.2 Å². The van der Waals surface area contributed by atoms with Gasteiger partial charge in [0.25, 0.3) is 0 Å². The number of nitrogens with zero attached hydrogens (tertiary/aromatic N) is 3. The highest BCUT2D eigenvalue weighted by atomic mass is 16.5. The molecule has 0 fully saturated rings. The van der Waals surface area contributed by atoms with Crippen LogP contribution < -0.4 is 15.4 Å². The van der Waals surface area contributed by atoms with E-state index in [0.29, 0.717) is 11.5 Å². The van der Waals surface area contributed by atoms with E-state index in [9.17, 15) is 5.26 Å². The molecule has 0 bridgehead atoms. The second kappa shape index (κ2) is 7.22. The summed E-state index contributed by atoms with van der Waals surface area (Å²) in [5.74, 6) is 0.117.